The van der Waals surface area contributed by atoms with Crippen molar-refractivity contribution < 1.29 is 19.1 Å². The normalized spacial score (nSPS) is 25.4. The van der Waals surface area contributed by atoms with Crippen LogP contribution < -0.4 is 0 Å². The lowest BCUT2D eigenvalue weighted by Crippen LogP contribution is -2.27. The van der Waals surface area contributed by atoms with Gasteiger partial charge in [0.1, 0.15) is 11.5 Å². The molecule has 2 atom stereocenters. The third kappa shape index (κ3) is 1.98. The number of aryl methyl sites for hydroxylation is 1. The Kier molecular flexibility index (Phi) is 3.11. The number of hydrogen-bond acceptors (Lipinski definition) is 4. The zero-order chi connectivity index (χ0) is 13.3. The van der Waals surface area contributed by atoms with Crippen molar-refractivity contribution in [2.24, 2.45) is 0 Å². The summed E-state index contributed by atoms with van der Waals surface area (Å²) in [6, 6.07) is 7.64. The maximum absolute atomic E-state index is 12.0. The highest BCUT2D eigenvalue weighted by molar-refractivity contribution is 5.89. The molecule has 1 aromatic rings. The van der Waals surface area contributed by atoms with Gasteiger partial charge in [-0.25, -0.2) is 0 Å². The molecule has 0 radical (unpaired) electrons. The number of methoxy groups -OCH3 is 1. The molecule has 0 aromatic heterocycles. The zero-order valence-corrected chi connectivity index (χ0v) is 10.7. The summed E-state index contributed by atoms with van der Waals surface area (Å²) in [5.74, 6) is -0.726. The fourth-order valence-electron chi connectivity index (χ4n) is 2.25. The molecular formula is C14H16O4. The Hall–Kier alpha value is -1.84. The summed E-state index contributed by atoms with van der Waals surface area (Å²) in [5, 5.41) is 0. The largest absolute Gasteiger partial charge is 0.468 e. The number of carbonyl (C=O) groups is 2. The summed E-state index contributed by atoms with van der Waals surface area (Å²) in [4.78, 5) is 23.0. The smallest absolute Gasteiger partial charge is 0.320 e. The summed E-state index contributed by atoms with van der Waals surface area (Å²) in [6.45, 7) is 3.32. The second-order valence-electron chi connectivity index (χ2n) is 4.63. The van der Waals surface area contributed by atoms with Gasteiger partial charge in [0.15, 0.2) is 0 Å². The highest BCUT2D eigenvalue weighted by atomic mass is 16.6. The Balaban J connectivity index is 2.31. The monoisotopic (exact) mass is 248 g/mol. The van der Waals surface area contributed by atoms with Gasteiger partial charge >= 0.3 is 11.9 Å². The van der Waals surface area contributed by atoms with Crippen LogP contribution in [-0.2, 0) is 24.5 Å². The molecule has 0 aliphatic heterocycles. The van der Waals surface area contributed by atoms with Crippen LogP contribution in [0.1, 0.15) is 24.5 Å². The van der Waals surface area contributed by atoms with E-state index in [4.69, 9.17) is 9.47 Å². The van der Waals surface area contributed by atoms with Gasteiger partial charge in [-0.15, -0.1) is 0 Å². The fourth-order valence-corrected chi connectivity index (χ4v) is 2.25. The van der Waals surface area contributed by atoms with Gasteiger partial charge in [-0.2, -0.15) is 0 Å². The second-order valence-corrected chi connectivity index (χ2v) is 4.63. The molecule has 0 unspecified atom stereocenters. The molecule has 2 rings (SSSR count). The lowest BCUT2D eigenvalue weighted by molar-refractivity contribution is -0.148. The van der Waals surface area contributed by atoms with E-state index in [-0.39, 0.29) is 11.9 Å². The number of carbonyl (C=O) groups excluding carboxylic acids is 2. The summed E-state index contributed by atoms with van der Waals surface area (Å²) in [7, 11) is 1.35. The SMILES string of the molecule is COC(=O)[C@@]1(c2ccc(C)cc2)C[C@@H]1OC(C)=O. The molecule has 1 saturated carbocycles. The Morgan fingerprint density at radius 3 is 2.39 bits per heavy atom. The molecule has 0 bridgehead atoms. The van der Waals surface area contributed by atoms with E-state index in [9.17, 15) is 9.59 Å². The van der Waals surface area contributed by atoms with Crippen molar-refractivity contribution in [1.82, 2.24) is 0 Å². The van der Waals surface area contributed by atoms with Crippen molar-refractivity contribution >= 4 is 11.9 Å². The van der Waals surface area contributed by atoms with Crippen molar-refractivity contribution in [2.45, 2.75) is 31.8 Å². The van der Waals surface area contributed by atoms with Gasteiger partial charge in [0.2, 0.25) is 0 Å². The molecule has 0 spiro atoms. The zero-order valence-electron chi connectivity index (χ0n) is 10.7. The van der Waals surface area contributed by atoms with Gasteiger partial charge in [0.05, 0.1) is 7.11 Å². The Morgan fingerprint density at radius 2 is 1.89 bits per heavy atom. The quantitative estimate of drug-likeness (QED) is 0.765. The minimum Gasteiger partial charge on any atom is -0.468 e. The van der Waals surface area contributed by atoms with Crippen molar-refractivity contribution in [3.63, 3.8) is 0 Å². The molecule has 96 valence electrons. The van der Waals surface area contributed by atoms with Crippen LogP contribution in [-0.4, -0.2) is 25.2 Å². The van der Waals surface area contributed by atoms with E-state index in [2.05, 4.69) is 0 Å². The third-order valence-electron chi connectivity index (χ3n) is 3.32. The molecule has 1 aromatic carbocycles. The molecule has 0 N–H and O–H groups in total. The van der Waals surface area contributed by atoms with Gasteiger partial charge in [0.25, 0.3) is 0 Å². The highest BCUT2D eigenvalue weighted by Crippen LogP contribution is 2.51. The van der Waals surface area contributed by atoms with Crippen LogP contribution >= 0.6 is 0 Å². The standard InChI is InChI=1S/C14H16O4/c1-9-4-6-11(7-5-9)14(13(16)17-3)8-12(14)18-10(2)15/h4-7,12H,8H2,1-3H3/t12-,14+/m0/s1. The van der Waals surface area contributed by atoms with Gasteiger partial charge in [-0.1, -0.05) is 29.8 Å². The molecular weight excluding hydrogens is 232 g/mol. The van der Waals surface area contributed by atoms with Crippen LogP contribution in [0.25, 0.3) is 0 Å². The van der Waals surface area contributed by atoms with Crippen molar-refractivity contribution in [3.05, 3.63) is 35.4 Å². The maximum atomic E-state index is 12.0. The molecule has 1 aliphatic carbocycles. The minimum absolute atomic E-state index is 0.349. The van der Waals surface area contributed by atoms with Crippen molar-refractivity contribution in [1.29, 1.82) is 0 Å². The van der Waals surface area contributed by atoms with Crippen LogP contribution in [0, 0.1) is 6.92 Å². The molecule has 18 heavy (non-hydrogen) atoms. The maximum Gasteiger partial charge on any atom is 0.320 e. The molecule has 0 saturated heterocycles. The minimum atomic E-state index is -0.811. The topological polar surface area (TPSA) is 52.6 Å². The van der Waals surface area contributed by atoms with Crippen LogP contribution in [0.4, 0.5) is 0 Å². The Morgan fingerprint density at radius 1 is 1.28 bits per heavy atom. The number of esters is 2. The Bertz CT molecular complexity index is 477. The Labute approximate surface area is 106 Å². The molecule has 4 nitrogen and oxygen atoms in total. The van der Waals surface area contributed by atoms with E-state index in [1.54, 1.807) is 0 Å². The van der Waals surface area contributed by atoms with E-state index in [0.29, 0.717) is 6.42 Å². The highest BCUT2D eigenvalue weighted by Gasteiger charge is 2.65. The van der Waals surface area contributed by atoms with Gasteiger partial charge < -0.3 is 9.47 Å². The summed E-state index contributed by atoms with van der Waals surface area (Å²) in [5.41, 5.74) is 1.14. The first-order valence-corrected chi connectivity index (χ1v) is 5.83. The van der Waals surface area contributed by atoms with Crippen LogP contribution in [0.2, 0.25) is 0 Å². The lowest BCUT2D eigenvalue weighted by atomic mass is 9.95. The van der Waals surface area contributed by atoms with Gasteiger partial charge in [0, 0.05) is 13.3 Å². The molecule has 1 fully saturated rings. The first-order chi connectivity index (χ1) is 8.50. The molecule has 1 aliphatic rings. The lowest BCUT2D eigenvalue weighted by Gasteiger charge is -2.15. The van der Waals surface area contributed by atoms with E-state index in [1.165, 1.54) is 14.0 Å². The fraction of sp³-hybridized carbons (Fsp3) is 0.429. The number of hydrogen-bond donors (Lipinski definition) is 0. The van der Waals surface area contributed by atoms with Crippen LogP contribution in [0.5, 0.6) is 0 Å². The summed E-state index contributed by atoms with van der Waals surface area (Å²) in [6.07, 6.45) is 0.0765. The van der Waals surface area contributed by atoms with E-state index >= 15 is 0 Å². The molecule has 4 heteroatoms. The van der Waals surface area contributed by atoms with Gasteiger partial charge in [-0.05, 0) is 12.5 Å². The summed E-state index contributed by atoms with van der Waals surface area (Å²) < 4.78 is 9.99. The number of rotatable bonds is 3. The van der Waals surface area contributed by atoms with Crippen LogP contribution in [0.15, 0.2) is 24.3 Å². The predicted octanol–water partition coefficient (Wildman–Crippen LogP) is 1.74. The second kappa shape index (κ2) is 4.44. The molecule has 0 heterocycles. The predicted molar refractivity (Wildman–Crippen MR) is 65.0 cm³/mol. The van der Waals surface area contributed by atoms with E-state index in [1.807, 2.05) is 31.2 Å². The van der Waals surface area contributed by atoms with Crippen molar-refractivity contribution in [2.75, 3.05) is 7.11 Å². The molecule has 0 amide bonds. The number of ether oxygens (including phenoxy) is 2. The first-order valence-electron chi connectivity index (χ1n) is 5.83. The average molecular weight is 248 g/mol. The average Bonchev–Trinajstić information content (AvgIpc) is 3.03. The number of benzene rings is 1. The summed E-state index contributed by atoms with van der Waals surface area (Å²) >= 11 is 0. The van der Waals surface area contributed by atoms with E-state index in [0.717, 1.165) is 11.1 Å². The van der Waals surface area contributed by atoms with Crippen LogP contribution in [0.3, 0.4) is 0 Å². The first kappa shape index (κ1) is 12.6. The van der Waals surface area contributed by atoms with Gasteiger partial charge in [-0.3, -0.25) is 9.59 Å². The third-order valence-corrected chi connectivity index (χ3v) is 3.32. The van der Waals surface area contributed by atoms with Crippen molar-refractivity contribution in [3.8, 4) is 0 Å². The van der Waals surface area contributed by atoms with E-state index < -0.39 is 11.5 Å².